The monoisotopic (exact) mass is 634 g/mol. The predicted octanol–water partition coefficient (Wildman–Crippen LogP) is 5.93. The van der Waals surface area contributed by atoms with E-state index in [9.17, 15) is 13.6 Å². The number of piperazine rings is 1. The number of carbonyl (C=O) groups excluding carboxylic acids is 1. The number of hydrogen-bond acceptors (Lipinski definition) is 10. The minimum Gasteiger partial charge on any atom is -0.493 e. The summed E-state index contributed by atoms with van der Waals surface area (Å²) in [7, 11) is 3.76. The Balaban J connectivity index is 1.11. The molecule has 6 rings (SSSR count). The Morgan fingerprint density at radius 3 is 2.56 bits per heavy atom. The van der Waals surface area contributed by atoms with Crippen LogP contribution in [0, 0.1) is 11.6 Å². The molecule has 1 aliphatic heterocycles. The van der Waals surface area contributed by atoms with Crippen molar-refractivity contribution in [1.82, 2.24) is 24.8 Å². The van der Waals surface area contributed by atoms with Gasteiger partial charge in [0, 0.05) is 61.6 Å². The van der Waals surface area contributed by atoms with Gasteiger partial charge < -0.3 is 29.9 Å². The predicted molar refractivity (Wildman–Crippen MR) is 172 cm³/mol. The van der Waals surface area contributed by atoms with E-state index in [1.807, 2.05) is 30.3 Å². The fraction of sp³-hybridized carbons (Fsp3) is 0.290. The van der Waals surface area contributed by atoms with Crippen molar-refractivity contribution in [3.8, 4) is 11.5 Å². The molecule has 0 aliphatic carbocycles. The van der Waals surface area contributed by atoms with Gasteiger partial charge in [-0.2, -0.15) is 0 Å². The van der Waals surface area contributed by atoms with E-state index in [4.69, 9.17) is 9.47 Å². The second-order valence-electron chi connectivity index (χ2n) is 10.6. The largest absolute Gasteiger partial charge is 0.493 e. The summed E-state index contributed by atoms with van der Waals surface area (Å²) < 4.78 is 39.2. The number of aromatic nitrogens is 3. The lowest BCUT2D eigenvalue weighted by molar-refractivity contribution is 0.145. The number of thiazole rings is 1. The fourth-order valence-electron chi connectivity index (χ4n) is 5.00. The molecule has 3 aromatic carbocycles. The molecule has 0 saturated carbocycles. The minimum absolute atomic E-state index is 0.118. The zero-order valence-electron chi connectivity index (χ0n) is 24.8. The molecule has 2 aromatic heterocycles. The summed E-state index contributed by atoms with van der Waals surface area (Å²) in [4.78, 5) is 30.6. The number of amides is 2. The van der Waals surface area contributed by atoms with Gasteiger partial charge in [0.05, 0.1) is 29.5 Å². The van der Waals surface area contributed by atoms with E-state index in [2.05, 4.69) is 47.7 Å². The van der Waals surface area contributed by atoms with E-state index in [-0.39, 0.29) is 5.69 Å². The topological polar surface area (TPSA) is 117 Å². The van der Waals surface area contributed by atoms with Gasteiger partial charge in [0.25, 0.3) is 0 Å². The number of benzene rings is 3. The van der Waals surface area contributed by atoms with Crippen molar-refractivity contribution in [3.63, 3.8) is 0 Å². The third-order valence-electron chi connectivity index (χ3n) is 7.44. The second-order valence-corrected chi connectivity index (χ2v) is 11.7. The average Bonchev–Trinajstić information content (AvgIpc) is 3.43. The highest BCUT2D eigenvalue weighted by atomic mass is 32.1. The van der Waals surface area contributed by atoms with Crippen LogP contribution >= 0.6 is 11.3 Å². The molecule has 45 heavy (non-hydrogen) atoms. The van der Waals surface area contributed by atoms with Crippen LogP contribution in [0.3, 0.4) is 0 Å². The maximum absolute atomic E-state index is 13.5. The van der Waals surface area contributed by atoms with Gasteiger partial charge in [0.15, 0.2) is 28.3 Å². The minimum atomic E-state index is -1.05. The Bertz CT molecular complexity index is 1830. The molecule has 14 heteroatoms. The van der Waals surface area contributed by atoms with Crippen molar-refractivity contribution in [1.29, 1.82) is 0 Å². The van der Waals surface area contributed by atoms with Crippen LogP contribution in [0.5, 0.6) is 11.5 Å². The molecule has 0 atom stereocenters. The van der Waals surface area contributed by atoms with Crippen LogP contribution in [0.2, 0.25) is 0 Å². The maximum Gasteiger partial charge on any atom is 0.325 e. The number of nitrogens with one attached hydrogen (secondary N) is 3. The van der Waals surface area contributed by atoms with Crippen molar-refractivity contribution < 1.29 is 23.0 Å². The van der Waals surface area contributed by atoms with Crippen molar-refractivity contribution in [2.45, 2.75) is 6.42 Å². The lowest BCUT2D eigenvalue weighted by atomic mass is 10.2. The normalized spacial score (nSPS) is 14.0. The van der Waals surface area contributed by atoms with Crippen molar-refractivity contribution >= 4 is 60.8 Å². The summed E-state index contributed by atoms with van der Waals surface area (Å²) >= 11 is 1.27. The number of urea groups is 1. The summed E-state index contributed by atoms with van der Waals surface area (Å²) in [6.07, 6.45) is 2.41. The first kappa shape index (κ1) is 30.4. The number of hydrogen-bond donors (Lipinski definition) is 3. The number of methoxy groups -OCH3 is 1. The summed E-state index contributed by atoms with van der Waals surface area (Å²) in [6.45, 7) is 5.91. The quantitative estimate of drug-likeness (QED) is 0.161. The highest BCUT2D eigenvalue weighted by Gasteiger charge is 2.16. The Morgan fingerprint density at radius 1 is 0.933 bits per heavy atom. The third-order valence-corrected chi connectivity index (χ3v) is 8.38. The van der Waals surface area contributed by atoms with E-state index in [1.54, 1.807) is 7.11 Å². The summed E-state index contributed by atoms with van der Waals surface area (Å²) in [5, 5.41) is 9.56. The van der Waals surface area contributed by atoms with Crippen LogP contribution in [0.15, 0.2) is 54.9 Å². The molecule has 11 nitrogen and oxygen atoms in total. The smallest absolute Gasteiger partial charge is 0.325 e. The molecular weight excluding hydrogens is 602 g/mol. The van der Waals surface area contributed by atoms with E-state index in [1.165, 1.54) is 23.7 Å². The number of carbonyl (C=O) groups is 1. The van der Waals surface area contributed by atoms with E-state index >= 15 is 0 Å². The molecule has 1 saturated heterocycles. The Kier molecular flexibility index (Phi) is 9.14. The number of anilines is 4. The zero-order valence-corrected chi connectivity index (χ0v) is 25.6. The zero-order chi connectivity index (χ0) is 31.3. The maximum atomic E-state index is 13.5. The van der Waals surface area contributed by atoms with Crippen LogP contribution in [0.4, 0.5) is 35.9 Å². The van der Waals surface area contributed by atoms with Gasteiger partial charge in [-0.05, 0) is 49.9 Å². The van der Waals surface area contributed by atoms with Gasteiger partial charge in [-0.15, -0.1) is 0 Å². The van der Waals surface area contributed by atoms with Crippen LogP contribution < -0.4 is 25.4 Å². The van der Waals surface area contributed by atoms with Crippen LogP contribution in [-0.2, 0) is 0 Å². The van der Waals surface area contributed by atoms with Gasteiger partial charge in [-0.3, -0.25) is 5.32 Å². The first-order valence-corrected chi connectivity index (χ1v) is 15.2. The highest BCUT2D eigenvalue weighted by molar-refractivity contribution is 7.22. The van der Waals surface area contributed by atoms with Crippen LogP contribution in [0.25, 0.3) is 21.1 Å². The van der Waals surface area contributed by atoms with Gasteiger partial charge in [0.1, 0.15) is 12.1 Å². The number of rotatable bonds is 10. The first-order valence-electron chi connectivity index (χ1n) is 14.4. The summed E-state index contributed by atoms with van der Waals surface area (Å²) in [5.41, 5.74) is 2.26. The molecule has 0 radical (unpaired) electrons. The Hall–Kier alpha value is -4.66. The molecular formula is C31H32F2N8O3S. The third kappa shape index (κ3) is 7.36. The number of nitrogens with zero attached hydrogens (tertiary/aromatic N) is 5. The lowest BCUT2D eigenvalue weighted by Gasteiger charge is -2.32. The van der Waals surface area contributed by atoms with Crippen molar-refractivity contribution in [2.24, 2.45) is 0 Å². The number of fused-ring (bicyclic) bond motifs is 2. The molecule has 2 amide bonds. The van der Waals surface area contributed by atoms with Crippen LogP contribution in [-0.4, -0.2) is 84.3 Å². The molecule has 3 N–H and O–H groups in total. The SMILES string of the molecule is COc1cc2c(Nc3ccc4nc(NC(=O)Nc5ccc(F)c(F)c5)sc4c3)ncnc2cc1OCCCN1CCN(C)CC1. The van der Waals surface area contributed by atoms with Gasteiger partial charge in [0.2, 0.25) is 0 Å². The van der Waals surface area contributed by atoms with Gasteiger partial charge in [-0.25, -0.2) is 28.5 Å². The van der Waals surface area contributed by atoms with Gasteiger partial charge >= 0.3 is 6.03 Å². The van der Waals surface area contributed by atoms with E-state index in [0.29, 0.717) is 40.1 Å². The number of likely N-dealkylation sites (N-methyl/N-ethyl adjacent to an activating group) is 1. The second kappa shape index (κ2) is 13.5. The molecule has 0 unspecified atom stereocenters. The summed E-state index contributed by atoms with van der Waals surface area (Å²) in [5.74, 6) is -0.230. The first-order chi connectivity index (χ1) is 21.8. The number of halogens is 2. The lowest BCUT2D eigenvalue weighted by Crippen LogP contribution is -2.44. The average molecular weight is 635 g/mol. The van der Waals surface area contributed by atoms with Crippen molar-refractivity contribution in [3.05, 3.63) is 66.5 Å². The summed E-state index contributed by atoms with van der Waals surface area (Å²) in [6, 6.07) is 11.8. The molecule has 5 aromatic rings. The van der Waals surface area contributed by atoms with Crippen LogP contribution in [0.1, 0.15) is 6.42 Å². The van der Waals surface area contributed by atoms with Crippen molar-refractivity contribution in [2.75, 3.05) is 69.4 Å². The molecule has 0 bridgehead atoms. The number of ether oxygens (including phenoxy) is 2. The molecule has 234 valence electrons. The van der Waals surface area contributed by atoms with Gasteiger partial charge in [-0.1, -0.05) is 11.3 Å². The Morgan fingerprint density at radius 2 is 1.76 bits per heavy atom. The molecule has 3 heterocycles. The Labute approximate surface area is 262 Å². The molecule has 0 spiro atoms. The standard InChI is InChI=1S/C31H32F2N8O3S/c1-40-9-11-41(12-10-40)8-3-13-44-27-17-25-21(16-26(27)43-2)29(35-18-34-25)36-20-5-7-24-28(15-20)45-31(38-24)39-30(42)37-19-4-6-22(32)23(33)14-19/h4-7,14-18H,3,8-13H2,1-2H3,(H,34,35,36)(H2,37,38,39,42). The molecule has 1 aliphatic rings. The molecule has 1 fully saturated rings. The van der Waals surface area contributed by atoms with E-state index in [0.717, 1.165) is 67.1 Å². The highest BCUT2D eigenvalue weighted by Crippen LogP contribution is 2.36. The van der Waals surface area contributed by atoms with E-state index < -0.39 is 17.7 Å². The fourth-order valence-corrected chi connectivity index (χ4v) is 5.90.